The van der Waals surface area contributed by atoms with Gasteiger partial charge in [0.15, 0.2) is 5.82 Å². The van der Waals surface area contributed by atoms with Gasteiger partial charge < -0.3 is 9.42 Å². The number of benzene rings is 1. The van der Waals surface area contributed by atoms with E-state index >= 15 is 0 Å². The molecule has 7 nitrogen and oxygen atoms in total. The third kappa shape index (κ3) is 3.32. The highest BCUT2D eigenvalue weighted by Crippen LogP contribution is 2.26. The Bertz CT molecular complexity index is 1100. The van der Waals surface area contributed by atoms with Gasteiger partial charge >= 0.3 is 6.03 Å². The van der Waals surface area contributed by atoms with E-state index in [1.165, 1.54) is 15.0 Å². The number of rotatable bonds is 3. The van der Waals surface area contributed by atoms with E-state index < -0.39 is 0 Å². The molecule has 5 rings (SSSR count). The first-order valence-electron chi connectivity index (χ1n) is 9.22. The number of hydrogen-bond donors (Lipinski definition) is 1. The van der Waals surface area contributed by atoms with Crippen LogP contribution in [0.25, 0.3) is 21.2 Å². The van der Waals surface area contributed by atoms with E-state index in [0.717, 1.165) is 19.6 Å². The van der Waals surface area contributed by atoms with Crippen LogP contribution in [0.15, 0.2) is 53.2 Å². The average Bonchev–Trinajstić information content (AvgIpc) is 3.32. The molecule has 1 aliphatic rings. The fourth-order valence-corrected chi connectivity index (χ4v) is 4.60. The molecule has 1 aliphatic heterocycles. The van der Waals surface area contributed by atoms with Gasteiger partial charge in [0.25, 0.3) is 5.71 Å². The summed E-state index contributed by atoms with van der Waals surface area (Å²) in [6.45, 7) is 4.00. The van der Waals surface area contributed by atoms with E-state index in [1.54, 1.807) is 12.3 Å². The number of aromatic nitrogens is 2. The second-order valence-electron chi connectivity index (χ2n) is 6.83. The summed E-state index contributed by atoms with van der Waals surface area (Å²) in [7, 11) is 0. The molecule has 2 amide bonds. The van der Waals surface area contributed by atoms with E-state index in [4.69, 9.17) is 4.52 Å². The number of amides is 2. The molecule has 1 saturated heterocycles. The van der Waals surface area contributed by atoms with Crippen molar-refractivity contribution in [1.82, 2.24) is 19.9 Å². The zero-order valence-electron chi connectivity index (χ0n) is 15.2. The van der Waals surface area contributed by atoms with E-state index in [-0.39, 0.29) is 6.03 Å². The monoisotopic (exact) mass is 393 g/mol. The van der Waals surface area contributed by atoms with Crippen molar-refractivity contribution in [3.05, 3.63) is 53.5 Å². The van der Waals surface area contributed by atoms with Gasteiger partial charge in [-0.1, -0.05) is 23.4 Å². The van der Waals surface area contributed by atoms with Gasteiger partial charge in [-0.3, -0.25) is 10.2 Å². The topological polar surface area (TPSA) is 74.5 Å². The summed E-state index contributed by atoms with van der Waals surface area (Å²) >= 11 is 1.84. The maximum atomic E-state index is 12.6. The predicted octanol–water partition coefficient (Wildman–Crippen LogP) is 3.79. The van der Waals surface area contributed by atoms with Crippen LogP contribution in [0, 0.1) is 0 Å². The van der Waals surface area contributed by atoms with Gasteiger partial charge in [0.1, 0.15) is 0 Å². The van der Waals surface area contributed by atoms with Crippen LogP contribution < -0.4 is 5.32 Å². The lowest BCUT2D eigenvalue weighted by Gasteiger charge is -2.34. The zero-order chi connectivity index (χ0) is 18.9. The van der Waals surface area contributed by atoms with Crippen molar-refractivity contribution in [3.8, 4) is 0 Å². The van der Waals surface area contributed by atoms with Gasteiger partial charge in [0.05, 0.1) is 5.39 Å². The van der Waals surface area contributed by atoms with Crippen LogP contribution in [0.2, 0.25) is 0 Å². The lowest BCUT2D eigenvalue weighted by Crippen LogP contribution is -2.49. The molecule has 142 valence electrons. The van der Waals surface area contributed by atoms with Crippen LogP contribution in [0.4, 0.5) is 10.6 Å². The summed E-state index contributed by atoms with van der Waals surface area (Å²) in [5.74, 6) is 0.417. The third-order valence-electron chi connectivity index (χ3n) is 4.99. The summed E-state index contributed by atoms with van der Waals surface area (Å²) < 4.78 is 6.47. The van der Waals surface area contributed by atoms with Crippen molar-refractivity contribution in [2.45, 2.75) is 6.54 Å². The highest BCUT2D eigenvalue weighted by Gasteiger charge is 2.23. The second kappa shape index (κ2) is 7.21. The van der Waals surface area contributed by atoms with Gasteiger partial charge in [0.2, 0.25) is 0 Å². The molecular weight excluding hydrogens is 374 g/mol. The van der Waals surface area contributed by atoms with Crippen molar-refractivity contribution in [1.29, 1.82) is 0 Å². The molecule has 1 fully saturated rings. The molecular formula is C20H19N5O2S. The summed E-state index contributed by atoms with van der Waals surface area (Å²) in [5, 5.41) is 8.77. The van der Waals surface area contributed by atoms with Gasteiger partial charge in [0, 0.05) is 48.5 Å². The number of piperazine rings is 1. The average molecular weight is 393 g/mol. The lowest BCUT2D eigenvalue weighted by atomic mass is 10.2. The van der Waals surface area contributed by atoms with Crippen LogP contribution in [0.5, 0.6) is 0 Å². The molecule has 0 aliphatic carbocycles. The number of anilines is 1. The fraction of sp³-hybridized carbons (Fsp3) is 0.250. The molecule has 3 aromatic heterocycles. The molecule has 1 N–H and O–H groups in total. The molecule has 0 radical (unpaired) electrons. The minimum Gasteiger partial charge on any atom is -0.334 e. The number of carbonyl (C=O) groups is 1. The quantitative estimate of drug-likeness (QED) is 0.573. The summed E-state index contributed by atoms with van der Waals surface area (Å²) in [6, 6.07) is 14.2. The van der Waals surface area contributed by atoms with Crippen LogP contribution >= 0.6 is 11.3 Å². The highest BCUT2D eigenvalue weighted by molar-refractivity contribution is 7.19. The maximum absolute atomic E-state index is 12.6. The smallest absolute Gasteiger partial charge is 0.323 e. The summed E-state index contributed by atoms with van der Waals surface area (Å²) in [4.78, 5) is 22.2. The molecule has 0 bridgehead atoms. The molecule has 1 aromatic carbocycles. The van der Waals surface area contributed by atoms with Gasteiger partial charge in [-0.2, -0.15) is 0 Å². The van der Waals surface area contributed by atoms with Gasteiger partial charge in [-0.25, -0.2) is 9.78 Å². The standard InChI is InChI=1S/C20H19N5O2S/c26-20(22-18-16-5-3-7-21-19(16)27-23-18)25-10-8-24(9-11-25)13-15-12-14-4-1-2-6-17(14)28-15/h1-7,12H,8-11,13H2,(H,22,23,26). The van der Waals surface area contributed by atoms with Crippen LogP contribution in [-0.2, 0) is 6.54 Å². The molecule has 28 heavy (non-hydrogen) atoms. The predicted molar refractivity (Wildman–Crippen MR) is 109 cm³/mol. The number of fused-ring (bicyclic) bond motifs is 2. The number of nitrogens with zero attached hydrogens (tertiary/aromatic N) is 4. The Morgan fingerprint density at radius 3 is 2.86 bits per heavy atom. The Hall–Kier alpha value is -2.97. The molecule has 4 heterocycles. The van der Waals surface area contributed by atoms with E-state index in [9.17, 15) is 4.79 Å². The minimum absolute atomic E-state index is 0.152. The molecule has 0 spiro atoms. The van der Waals surface area contributed by atoms with Crippen molar-refractivity contribution >= 4 is 44.4 Å². The van der Waals surface area contributed by atoms with Crippen molar-refractivity contribution in [2.75, 3.05) is 31.5 Å². The van der Waals surface area contributed by atoms with E-state index in [2.05, 4.69) is 50.7 Å². The lowest BCUT2D eigenvalue weighted by molar-refractivity contribution is 0.143. The van der Waals surface area contributed by atoms with Crippen LogP contribution in [0.1, 0.15) is 4.88 Å². The third-order valence-corrected chi connectivity index (χ3v) is 6.09. The molecule has 0 unspecified atom stereocenters. The summed E-state index contributed by atoms with van der Waals surface area (Å²) in [6.07, 6.45) is 1.63. The van der Waals surface area contributed by atoms with Crippen LogP contribution in [0.3, 0.4) is 0 Å². The molecule has 4 aromatic rings. The first-order chi connectivity index (χ1) is 13.8. The Morgan fingerprint density at radius 1 is 1.14 bits per heavy atom. The minimum atomic E-state index is -0.152. The Morgan fingerprint density at radius 2 is 2.00 bits per heavy atom. The Labute approximate surface area is 165 Å². The molecule has 8 heteroatoms. The maximum Gasteiger partial charge on any atom is 0.323 e. The first kappa shape index (κ1) is 17.2. The van der Waals surface area contributed by atoms with Gasteiger partial charge in [-0.05, 0) is 29.7 Å². The number of thiophene rings is 1. The number of pyridine rings is 1. The number of hydrogen-bond acceptors (Lipinski definition) is 6. The van der Waals surface area contributed by atoms with Gasteiger partial charge in [-0.15, -0.1) is 11.3 Å². The molecule has 0 atom stereocenters. The molecule has 0 saturated carbocycles. The van der Waals surface area contributed by atoms with E-state index in [1.807, 2.05) is 22.3 Å². The van der Waals surface area contributed by atoms with Crippen molar-refractivity contribution < 1.29 is 9.32 Å². The van der Waals surface area contributed by atoms with Crippen LogP contribution in [-0.4, -0.2) is 52.2 Å². The van der Waals surface area contributed by atoms with Crippen molar-refractivity contribution in [2.24, 2.45) is 0 Å². The number of nitrogens with one attached hydrogen (secondary N) is 1. The SMILES string of the molecule is O=C(Nc1noc2ncccc12)N1CCN(Cc2cc3ccccc3s2)CC1. The summed E-state index contributed by atoms with van der Waals surface area (Å²) in [5.41, 5.74) is 0.422. The number of carbonyl (C=O) groups excluding carboxylic acids is 1. The first-order valence-corrected chi connectivity index (χ1v) is 10.0. The fourth-order valence-electron chi connectivity index (χ4n) is 3.50. The highest BCUT2D eigenvalue weighted by atomic mass is 32.1. The normalized spacial score (nSPS) is 15.4. The second-order valence-corrected chi connectivity index (χ2v) is 8.00. The largest absolute Gasteiger partial charge is 0.334 e. The van der Waals surface area contributed by atoms with E-state index in [0.29, 0.717) is 30.0 Å². The Balaban J connectivity index is 1.19. The number of urea groups is 1. The van der Waals surface area contributed by atoms with Crippen molar-refractivity contribution in [3.63, 3.8) is 0 Å². The Kier molecular flexibility index (Phi) is 4.42. The zero-order valence-corrected chi connectivity index (χ0v) is 16.0.